The third-order valence-electron chi connectivity index (χ3n) is 26.0. The third-order valence-corrected chi connectivity index (χ3v) is 26.0. The average Bonchev–Trinajstić information content (AvgIpc) is 0.850. The minimum Gasteiger partial charge on any atom is -0.480 e. The highest BCUT2D eigenvalue weighted by Crippen LogP contribution is 2.31. The Kier molecular flexibility index (Phi) is 67.9. The van der Waals surface area contributed by atoms with E-state index >= 15 is 0 Å². The van der Waals surface area contributed by atoms with Crippen LogP contribution in [0.5, 0.6) is 0 Å². The molecule has 13 N–H and O–H groups in total. The number of benzene rings is 2. The minimum atomic E-state index is -4.18. The van der Waals surface area contributed by atoms with Crippen LogP contribution in [0.25, 0.3) is 0 Å². The van der Waals surface area contributed by atoms with Crippen LogP contribution < -0.4 is 33.2 Å². The number of nitrogens with zero attached hydrogens (tertiary/aromatic N) is 9. The molecule has 5 heterocycles. The first kappa shape index (κ1) is 144. The van der Waals surface area contributed by atoms with Gasteiger partial charge in [-0.2, -0.15) is 13.2 Å². The molecule has 1 atom stereocenters. The van der Waals surface area contributed by atoms with Crippen LogP contribution in [0.3, 0.4) is 0 Å². The zero-order valence-corrected chi connectivity index (χ0v) is 101. The van der Waals surface area contributed by atoms with E-state index in [0.717, 1.165) is 173 Å². The Hall–Kier alpha value is -7.79. The number of piperidine rings is 3. The SMILES string of the molecule is CC(C)(C)CCC(=N)N.CC(C)(C)CCCC(=N)N.CC(C)(C)CCN1CCC(NCC(=O)O)CC1.CC(C)(C)CCNCC(=O)OC1CCCC1.CC(C)(C)N1CCN(CC(=O)O)CC1.CCN(Cc1cccnc1)C(C)(C)C.CCOC(=O)CNC(C)(C)C.CCOC(=O)[C@@H](N)CCC(C)(C)C.CN(C)C1CCN(C(=O)c2ccc(C(C)(C)C)cc2)CC1.CN(CC(F)(F)F)C1CCN(C(=O)c2ccc(C(C)(C)C)cc2)CC1. The van der Waals surface area contributed by atoms with E-state index in [2.05, 4.69) is 267 Å². The summed E-state index contributed by atoms with van der Waals surface area (Å²) in [6.07, 6.45) is 18.3. The molecule has 29 nitrogen and oxygen atoms in total. The predicted molar refractivity (Wildman–Crippen MR) is 614 cm³/mol. The molecule has 1 aliphatic carbocycles. The monoisotopic (exact) mass is 2120 g/mol. The van der Waals surface area contributed by atoms with E-state index in [0.29, 0.717) is 103 Å². The molecule has 150 heavy (non-hydrogen) atoms. The molecule has 4 aliphatic heterocycles. The van der Waals surface area contributed by atoms with Gasteiger partial charge in [-0.15, -0.1) is 0 Å². The number of amidine groups is 2. The number of aromatic nitrogens is 1. The molecule has 0 radical (unpaired) electrons. The Morgan fingerprint density at radius 2 is 0.967 bits per heavy atom. The van der Waals surface area contributed by atoms with Crippen LogP contribution >= 0.6 is 0 Å². The van der Waals surface area contributed by atoms with Crippen LogP contribution in [0, 0.1) is 37.9 Å². The summed E-state index contributed by atoms with van der Waals surface area (Å²) in [5, 5.41) is 40.4. The fraction of sp³-hybridized carbons (Fsp3) is 0.780. The van der Waals surface area contributed by atoms with E-state index in [1.807, 2.05) is 85.4 Å². The van der Waals surface area contributed by atoms with Crippen LogP contribution in [0.1, 0.15) is 388 Å². The average molecular weight is 2120 g/mol. The number of hydrogen-bond donors (Lipinski definition) is 10. The largest absolute Gasteiger partial charge is 0.480 e. The van der Waals surface area contributed by atoms with Crippen LogP contribution in [0.15, 0.2) is 73.1 Å². The number of carbonyl (C=O) groups excluding carboxylic acids is 5. The minimum absolute atomic E-state index is 0.0211. The molecule has 5 fully saturated rings. The van der Waals surface area contributed by atoms with Crippen molar-refractivity contribution >= 4 is 53.3 Å². The molecule has 2 amide bonds. The Morgan fingerprint density at radius 3 is 1.33 bits per heavy atom. The number of likely N-dealkylation sites (tertiary alicyclic amines) is 3. The van der Waals surface area contributed by atoms with Crippen LogP contribution in [-0.4, -0.2) is 313 Å². The van der Waals surface area contributed by atoms with Crippen molar-refractivity contribution in [2.45, 2.75) is 421 Å². The number of ether oxygens (including phenoxy) is 3. The number of hydrogen-bond acceptors (Lipinski definition) is 23. The summed E-state index contributed by atoms with van der Waals surface area (Å²) in [7, 11) is 5.74. The summed E-state index contributed by atoms with van der Waals surface area (Å²) >= 11 is 0. The maximum Gasteiger partial charge on any atom is 0.401 e. The van der Waals surface area contributed by atoms with Crippen molar-refractivity contribution in [2.24, 2.45) is 44.3 Å². The zero-order chi connectivity index (χ0) is 116. The van der Waals surface area contributed by atoms with Gasteiger partial charge >= 0.3 is 36.0 Å². The molecule has 32 heteroatoms. The van der Waals surface area contributed by atoms with E-state index in [1.54, 1.807) is 18.7 Å². The van der Waals surface area contributed by atoms with Gasteiger partial charge in [-0.25, -0.2) is 0 Å². The number of piperazine rings is 1. The number of nitrogens with one attached hydrogen (secondary N) is 5. The van der Waals surface area contributed by atoms with E-state index < -0.39 is 30.7 Å². The van der Waals surface area contributed by atoms with E-state index in [9.17, 15) is 46.7 Å². The number of alkyl halides is 3. The topological polar surface area (TPSA) is 388 Å². The van der Waals surface area contributed by atoms with Crippen molar-refractivity contribution < 1.29 is 71.2 Å². The lowest BCUT2D eigenvalue weighted by Crippen LogP contribution is -2.54. The van der Waals surface area contributed by atoms with Crippen molar-refractivity contribution in [3.63, 3.8) is 0 Å². The van der Waals surface area contributed by atoms with Gasteiger partial charge in [-0.05, 0) is 324 Å². The Bertz CT molecular complexity index is 4190. The number of rotatable bonds is 32. The van der Waals surface area contributed by atoms with E-state index in [4.69, 9.17) is 52.4 Å². The van der Waals surface area contributed by atoms with Crippen LogP contribution in [0.2, 0.25) is 0 Å². The van der Waals surface area contributed by atoms with Crippen LogP contribution in [-0.2, 0) is 55.6 Å². The second-order valence-corrected chi connectivity index (χ2v) is 52.0. The first-order valence-corrected chi connectivity index (χ1v) is 55.3. The van der Waals surface area contributed by atoms with Gasteiger partial charge in [0.15, 0.2) is 0 Å². The quantitative estimate of drug-likeness (QED) is 0.00912. The van der Waals surface area contributed by atoms with E-state index in [1.165, 1.54) is 42.3 Å². The second kappa shape index (κ2) is 70.7. The summed E-state index contributed by atoms with van der Waals surface area (Å²) in [4.78, 5) is 100. The maximum atomic E-state index is 12.6. The van der Waals surface area contributed by atoms with E-state index in [-0.39, 0.29) is 94.4 Å². The number of halogens is 3. The predicted octanol–water partition coefficient (Wildman–Crippen LogP) is 21.0. The van der Waals surface area contributed by atoms with Gasteiger partial charge < -0.3 is 77.2 Å². The van der Waals surface area contributed by atoms with Gasteiger partial charge in [0.2, 0.25) is 0 Å². The van der Waals surface area contributed by atoms with Crippen molar-refractivity contribution in [1.29, 1.82) is 10.8 Å². The Morgan fingerprint density at radius 1 is 0.513 bits per heavy atom. The summed E-state index contributed by atoms with van der Waals surface area (Å²) in [5.74, 6) is -1.33. The molecule has 0 spiro atoms. The molecule has 8 rings (SSSR count). The van der Waals surface area contributed by atoms with Gasteiger partial charge in [-0.1, -0.05) is 183 Å². The molecule has 0 unspecified atom stereocenters. The zero-order valence-electron chi connectivity index (χ0n) is 101. The summed E-state index contributed by atoms with van der Waals surface area (Å²) in [6.45, 7) is 84.4. The van der Waals surface area contributed by atoms with Crippen molar-refractivity contribution in [3.05, 3.63) is 101 Å². The number of carbonyl (C=O) groups is 7. The fourth-order valence-electron chi connectivity index (χ4n) is 16.2. The van der Waals surface area contributed by atoms with Crippen LogP contribution in [0.4, 0.5) is 13.2 Å². The highest BCUT2D eigenvalue weighted by Gasteiger charge is 2.36. The number of carboxylic acid groups (broad SMARTS) is 2. The molecule has 1 aromatic heterocycles. The molecular formula is C118H218F3N17O12. The number of aliphatic carboxylic acids is 2. The highest BCUT2D eigenvalue weighted by molar-refractivity contribution is 5.95. The number of carboxylic acids is 2. The van der Waals surface area contributed by atoms with Gasteiger partial charge in [0.25, 0.3) is 11.8 Å². The normalized spacial score (nSPS) is 16.0. The lowest BCUT2D eigenvalue weighted by molar-refractivity contribution is -0.149. The van der Waals surface area contributed by atoms with Crippen molar-refractivity contribution in [1.82, 2.24) is 60.1 Å². The van der Waals surface area contributed by atoms with Gasteiger partial charge in [0.05, 0.1) is 57.6 Å². The molecule has 5 aliphatic rings. The first-order valence-electron chi connectivity index (χ1n) is 55.3. The van der Waals surface area contributed by atoms with Gasteiger partial charge in [-0.3, -0.25) is 69.0 Å². The van der Waals surface area contributed by atoms with Gasteiger partial charge in [0, 0.05) is 130 Å². The number of esters is 3. The Labute approximate surface area is 908 Å². The standard InChI is InChI=1S/C19H27F3N2O.C18H28N2O.C13H26N2O2.C13H25NO2.C12H20N2.C10H20N2O2.C10H21NO2.C8H18N2.C8H17NO2.C7H16N2/c1-18(2,3)15-7-5-14(6-8-15)17(25)24-11-9-16(10-12-24)23(4)13-19(20,21)22;1-18(2,3)15-8-6-14(7-9-15)17(21)20-12-10-16(11-13-20)19(4)5;1-13(2,3)6-9-15-7-4-11(5-8-15)14-10-12(16)17;1-13(2,3)8-9-14-10-12(15)16-11-6-4-5-7-11;1-5-14(12(2,3)4)10-11-7-6-8-13-9-11;1-10(2,3)12-6-4-11(5-7-12)8-9(13)14;1-5-13-9(12)8(11)6-7-10(2,3)4;1-8(2,3)6-4-5-7(9)10;1-5-11-7(10)6-9-8(2,3)4;1-7(2,3)5-4-6(8)9/h5-8,16H,9-13H2,1-4H3;6-9,16H,10-13H2,1-5H3;11,14H,4-10H2,1-3H3,(H,16,17);11,14H,4-10H2,1-3H3;6-9H,5,10H2,1-4H3;4-8H2,1-3H3,(H,13,14);8H,5-7,11H2,1-4H3;4-6H2,1-3H3,(H3,9,10);9H,5-6H2,1-4H3;4-5H2,1-3H3,(H3,8,9)/t;;;;;;8-;;;/m......0.../s1. The molecule has 3 aromatic rings. The molecule has 4 saturated heterocycles. The summed E-state index contributed by atoms with van der Waals surface area (Å²) < 4.78 is 52.4. The summed E-state index contributed by atoms with van der Waals surface area (Å²) in [6, 6.07) is 20.3. The van der Waals surface area contributed by atoms with Crippen molar-refractivity contribution in [3.8, 4) is 0 Å². The van der Waals surface area contributed by atoms with Gasteiger partial charge in [0.1, 0.15) is 12.1 Å². The maximum absolute atomic E-state index is 12.6. The number of amides is 2. The highest BCUT2D eigenvalue weighted by atomic mass is 19.4. The molecule has 868 valence electrons. The smallest absolute Gasteiger partial charge is 0.401 e. The molecule has 1 saturated carbocycles. The first-order chi connectivity index (χ1) is 68.7. The number of nitrogens with two attached hydrogens (primary N) is 3. The Balaban J connectivity index is 0. The lowest BCUT2D eigenvalue weighted by Gasteiger charge is -2.41. The fourth-order valence-corrected chi connectivity index (χ4v) is 16.2. The molecular weight excluding hydrogens is 1900 g/mol. The molecule has 0 bridgehead atoms. The second-order valence-electron chi connectivity index (χ2n) is 52.0. The summed E-state index contributed by atoms with van der Waals surface area (Å²) in [5.41, 5.74) is 23.4. The number of pyridine rings is 1. The molecule has 2 aromatic carbocycles. The van der Waals surface area contributed by atoms with Crippen molar-refractivity contribution in [2.75, 3.05) is 152 Å². The lowest BCUT2D eigenvalue weighted by atomic mass is 9.86. The third kappa shape index (κ3) is 76.7.